The van der Waals surface area contributed by atoms with Crippen molar-refractivity contribution in [3.8, 4) is 0 Å². The third kappa shape index (κ3) is 3.33. The number of benzene rings is 1. The van der Waals surface area contributed by atoms with Crippen LogP contribution in [0.4, 0.5) is 0 Å². The van der Waals surface area contributed by atoms with Gasteiger partial charge in [0.2, 0.25) is 0 Å². The van der Waals surface area contributed by atoms with Crippen molar-refractivity contribution in [2.75, 3.05) is 18.8 Å². The minimum absolute atomic E-state index is 0.00525. The molecule has 1 fully saturated rings. The van der Waals surface area contributed by atoms with Crippen LogP contribution < -0.4 is 5.32 Å². The van der Waals surface area contributed by atoms with Crippen LogP contribution in [0, 0.1) is 0 Å². The van der Waals surface area contributed by atoms with Crippen molar-refractivity contribution in [1.29, 1.82) is 0 Å². The number of carboxylic acid groups (broad SMARTS) is 1. The van der Waals surface area contributed by atoms with Gasteiger partial charge in [-0.2, -0.15) is 0 Å². The fourth-order valence-corrected chi connectivity index (χ4v) is 3.59. The summed E-state index contributed by atoms with van der Waals surface area (Å²) >= 11 is 7.58. The Labute approximate surface area is 131 Å². The van der Waals surface area contributed by atoms with E-state index in [-0.39, 0.29) is 5.75 Å². The van der Waals surface area contributed by atoms with Crippen LogP contribution in [-0.4, -0.2) is 39.9 Å². The van der Waals surface area contributed by atoms with E-state index in [4.69, 9.17) is 16.7 Å². The molecule has 3 N–H and O–H groups in total. The maximum absolute atomic E-state index is 10.6. The lowest BCUT2D eigenvalue weighted by atomic mass is 9.90. The number of piperidine rings is 1. The number of rotatable bonds is 4. The first-order chi connectivity index (χ1) is 10.1. The largest absolute Gasteiger partial charge is 0.481 e. The summed E-state index contributed by atoms with van der Waals surface area (Å²) in [6, 6.07) is 3.93. The number of carboxylic acids is 1. The van der Waals surface area contributed by atoms with E-state index in [1.807, 2.05) is 6.07 Å². The summed E-state index contributed by atoms with van der Waals surface area (Å²) in [4.78, 5) is 18.2. The maximum Gasteiger partial charge on any atom is 0.313 e. The van der Waals surface area contributed by atoms with Gasteiger partial charge in [-0.05, 0) is 49.5 Å². The summed E-state index contributed by atoms with van der Waals surface area (Å²) in [6.45, 7) is 2.03. The molecule has 21 heavy (non-hydrogen) atoms. The molecule has 2 heterocycles. The predicted molar refractivity (Wildman–Crippen MR) is 84.3 cm³/mol. The van der Waals surface area contributed by atoms with Crippen LogP contribution in [0.15, 0.2) is 17.3 Å². The monoisotopic (exact) mass is 325 g/mol. The zero-order chi connectivity index (χ0) is 14.8. The topological polar surface area (TPSA) is 78.0 Å². The molecular weight excluding hydrogens is 310 g/mol. The van der Waals surface area contributed by atoms with Crippen LogP contribution in [0.5, 0.6) is 0 Å². The number of nitrogens with zero attached hydrogens (tertiary/aromatic N) is 1. The molecule has 3 rings (SSSR count). The van der Waals surface area contributed by atoms with Gasteiger partial charge >= 0.3 is 5.97 Å². The van der Waals surface area contributed by atoms with Gasteiger partial charge in [0.05, 0.1) is 16.8 Å². The number of hydrogen-bond donors (Lipinski definition) is 3. The molecule has 0 saturated carbocycles. The average molecular weight is 326 g/mol. The van der Waals surface area contributed by atoms with Gasteiger partial charge in [-0.1, -0.05) is 23.4 Å². The molecule has 112 valence electrons. The molecule has 1 saturated heterocycles. The number of H-pyrrole nitrogens is 1. The number of hydrogen-bond acceptors (Lipinski definition) is 4. The summed E-state index contributed by atoms with van der Waals surface area (Å²) < 4.78 is 0. The van der Waals surface area contributed by atoms with Gasteiger partial charge in [-0.25, -0.2) is 4.98 Å². The molecule has 1 aliphatic rings. The van der Waals surface area contributed by atoms with Gasteiger partial charge < -0.3 is 15.4 Å². The van der Waals surface area contributed by atoms with Gasteiger partial charge in [-0.3, -0.25) is 4.79 Å². The van der Waals surface area contributed by atoms with Crippen LogP contribution in [0.1, 0.15) is 24.3 Å². The Kier molecular flexibility index (Phi) is 4.37. The fraction of sp³-hybridized carbons (Fsp3) is 0.429. The highest BCUT2D eigenvalue weighted by Crippen LogP contribution is 2.34. The van der Waals surface area contributed by atoms with Crippen molar-refractivity contribution in [2.45, 2.75) is 23.9 Å². The van der Waals surface area contributed by atoms with Crippen molar-refractivity contribution in [2.24, 2.45) is 0 Å². The zero-order valence-corrected chi connectivity index (χ0v) is 12.9. The Bertz CT molecular complexity index is 668. The average Bonchev–Trinajstić information content (AvgIpc) is 2.87. The third-order valence-electron chi connectivity index (χ3n) is 3.69. The number of fused-ring (bicyclic) bond motifs is 1. The van der Waals surface area contributed by atoms with Crippen molar-refractivity contribution >= 4 is 40.4 Å². The molecule has 1 aromatic carbocycles. The van der Waals surface area contributed by atoms with Crippen molar-refractivity contribution in [1.82, 2.24) is 15.3 Å². The lowest BCUT2D eigenvalue weighted by Crippen LogP contribution is -2.26. The molecule has 1 aliphatic heterocycles. The second kappa shape index (κ2) is 6.25. The Morgan fingerprint density at radius 2 is 2.19 bits per heavy atom. The van der Waals surface area contributed by atoms with E-state index in [0.29, 0.717) is 11.1 Å². The molecule has 1 aromatic heterocycles. The molecule has 0 amide bonds. The first-order valence-corrected chi connectivity index (χ1v) is 8.24. The standard InChI is InChI=1S/C14H16ClN3O2S/c15-10-6-12-11(17-14(18-12)21-7-13(19)20)5-9(10)8-1-3-16-4-2-8/h5-6,8,16H,1-4,7H2,(H,17,18)(H,19,20). The fourth-order valence-electron chi connectivity index (χ4n) is 2.67. The first-order valence-electron chi connectivity index (χ1n) is 6.88. The lowest BCUT2D eigenvalue weighted by Gasteiger charge is -2.23. The van der Waals surface area contributed by atoms with Gasteiger partial charge in [0, 0.05) is 5.02 Å². The minimum Gasteiger partial charge on any atom is -0.481 e. The smallest absolute Gasteiger partial charge is 0.313 e. The summed E-state index contributed by atoms with van der Waals surface area (Å²) in [5.41, 5.74) is 2.86. The molecular formula is C14H16ClN3O2S. The number of aromatic nitrogens is 2. The van der Waals surface area contributed by atoms with Crippen LogP contribution in [0.3, 0.4) is 0 Å². The molecule has 2 aromatic rings. The summed E-state index contributed by atoms with van der Waals surface area (Å²) in [5, 5.41) is 13.4. The number of thioether (sulfide) groups is 1. The van der Waals surface area contributed by atoms with E-state index >= 15 is 0 Å². The van der Waals surface area contributed by atoms with E-state index in [1.54, 1.807) is 0 Å². The second-order valence-electron chi connectivity index (χ2n) is 5.14. The summed E-state index contributed by atoms with van der Waals surface area (Å²) in [6.07, 6.45) is 2.17. The quantitative estimate of drug-likeness (QED) is 0.753. The normalized spacial score (nSPS) is 16.4. The number of carbonyl (C=O) groups is 1. The van der Waals surface area contributed by atoms with E-state index in [0.717, 1.165) is 47.6 Å². The van der Waals surface area contributed by atoms with Crippen LogP contribution in [0.2, 0.25) is 5.02 Å². The first kappa shape index (κ1) is 14.7. The molecule has 5 nitrogen and oxygen atoms in total. The number of halogens is 1. The van der Waals surface area contributed by atoms with Gasteiger partial charge in [-0.15, -0.1) is 0 Å². The molecule has 0 aliphatic carbocycles. The van der Waals surface area contributed by atoms with Crippen molar-refractivity contribution in [3.63, 3.8) is 0 Å². The van der Waals surface area contributed by atoms with E-state index < -0.39 is 5.97 Å². The Hall–Kier alpha value is -1.24. The van der Waals surface area contributed by atoms with E-state index in [1.165, 1.54) is 11.8 Å². The van der Waals surface area contributed by atoms with E-state index in [2.05, 4.69) is 21.4 Å². The molecule has 0 bridgehead atoms. The molecule has 0 spiro atoms. The SMILES string of the molecule is O=C(O)CSc1nc2cc(Cl)c(C3CCNCC3)cc2[nH]1. The summed E-state index contributed by atoms with van der Waals surface area (Å²) in [5.74, 6) is -0.384. The Morgan fingerprint density at radius 3 is 2.90 bits per heavy atom. The highest BCUT2D eigenvalue weighted by Gasteiger charge is 2.19. The number of aromatic amines is 1. The lowest BCUT2D eigenvalue weighted by molar-refractivity contribution is -0.133. The van der Waals surface area contributed by atoms with Crippen molar-refractivity contribution < 1.29 is 9.90 Å². The van der Waals surface area contributed by atoms with Gasteiger partial charge in [0.15, 0.2) is 5.16 Å². The van der Waals surface area contributed by atoms with Gasteiger partial charge in [0.25, 0.3) is 0 Å². The van der Waals surface area contributed by atoms with Crippen LogP contribution >= 0.6 is 23.4 Å². The Balaban J connectivity index is 1.88. The Morgan fingerprint density at radius 1 is 1.43 bits per heavy atom. The van der Waals surface area contributed by atoms with Crippen molar-refractivity contribution in [3.05, 3.63) is 22.7 Å². The van der Waals surface area contributed by atoms with Gasteiger partial charge in [0.1, 0.15) is 0 Å². The highest BCUT2D eigenvalue weighted by molar-refractivity contribution is 7.99. The molecule has 0 atom stereocenters. The third-order valence-corrected chi connectivity index (χ3v) is 4.88. The summed E-state index contributed by atoms with van der Waals surface area (Å²) in [7, 11) is 0. The number of nitrogens with one attached hydrogen (secondary N) is 2. The number of aliphatic carboxylic acids is 1. The maximum atomic E-state index is 10.6. The minimum atomic E-state index is -0.853. The number of imidazole rings is 1. The van der Waals surface area contributed by atoms with Crippen LogP contribution in [0.25, 0.3) is 11.0 Å². The zero-order valence-electron chi connectivity index (χ0n) is 11.4. The highest BCUT2D eigenvalue weighted by atomic mass is 35.5. The van der Waals surface area contributed by atoms with E-state index in [9.17, 15) is 4.79 Å². The predicted octanol–water partition coefficient (Wildman–Crippen LogP) is 2.86. The molecule has 7 heteroatoms. The van der Waals surface area contributed by atoms with Crippen LogP contribution in [-0.2, 0) is 4.79 Å². The molecule has 0 radical (unpaired) electrons. The second-order valence-corrected chi connectivity index (χ2v) is 6.51. The molecule has 0 unspecified atom stereocenters.